The highest BCUT2D eigenvalue weighted by Gasteiger charge is 2.27. The second kappa shape index (κ2) is 11.9. The molecule has 0 aromatic carbocycles. The number of nitrogens with zero attached hydrogens (tertiary/aromatic N) is 4. The van der Waals surface area contributed by atoms with Crippen molar-refractivity contribution in [2.45, 2.75) is 38.1 Å². The number of sulfonamides is 1. The highest BCUT2D eigenvalue weighted by Crippen LogP contribution is 2.17. The Morgan fingerprint density at radius 3 is 2.52 bits per heavy atom. The van der Waals surface area contributed by atoms with Crippen LogP contribution in [0.1, 0.15) is 32.1 Å². The summed E-state index contributed by atoms with van der Waals surface area (Å²) in [5.41, 5.74) is 0. The van der Waals surface area contributed by atoms with E-state index in [0.717, 1.165) is 18.7 Å². The molecule has 0 radical (unpaired) electrons. The van der Waals surface area contributed by atoms with Gasteiger partial charge in [-0.05, 0) is 25.0 Å². The van der Waals surface area contributed by atoms with Crippen LogP contribution in [0, 0.1) is 0 Å². The predicted molar refractivity (Wildman–Crippen MR) is 129 cm³/mol. The van der Waals surface area contributed by atoms with Gasteiger partial charge in [-0.15, -0.1) is 24.0 Å². The van der Waals surface area contributed by atoms with E-state index in [0.29, 0.717) is 44.7 Å². The molecule has 2 heterocycles. The van der Waals surface area contributed by atoms with Gasteiger partial charge in [0.25, 0.3) is 0 Å². The molecule has 0 spiro atoms. The Morgan fingerprint density at radius 1 is 1.17 bits per heavy atom. The maximum atomic E-state index is 12.7. The van der Waals surface area contributed by atoms with E-state index in [4.69, 9.17) is 0 Å². The number of piperazine rings is 1. The minimum atomic E-state index is -3.28. The predicted octanol–water partition coefficient (Wildman–Crippen LogP) is 1.65. The average Bonchev–Trinajstić information content (AvgIpc) is 2.74. The van der Waals surface area contributed by atoms with Crippen LogP contribution in [0.15, 0.2) is 29.4 Å². The summed E-state index contributed by atoms with van der Waals surface area (Å²) in [7, 11) is -1.56. The molecule has 0 atom stereocenters. The first-order valence-electron chi connectivity index (χ1n) is 10.2. The number of pyridine rings is 1. The first kappa shape index (κ1) is 24.1. The van der Waals surface area contributed by atoms with Gasteiger partial charge in [0.15, 0.2) is 5.96 Å². The molecule has 2 aliphatic rings. The Kier molecular flexibility index (Phi) is 9.90. The highest BCUT2D eigenvalue weighted by atomic mass is 127. The van der Waals surface area contributed by atoms with E-state index in [9.17, 15) is 8.42 Å². The second-order valence-electron chi connectivity index (χ2n) is 7.37. The van der Waals surface area contributed by atoms with Crippen LogP contribution in [0.4, 0.5) is 5.82 Å². The summed E-state index contributed by atoms with van der Waals surface area (Å²) in [6, 6.07) is 6.23. The summed E-state index contributed by atoms with van der Waals surface area (Å²) < 4.78 is 26.9. The van der Waals surface area contributed by atoms with E-state index in [1.54, 1.807) is 17.5 Å². The fourth-order valence-electron chi connectivity index (χ4n) is 3.80. The zero-order valence-electron chi connectivity index (χ0n) is 17.1. The van der Waals surface area contributed by atoms with Crippen LogP contribution in [0.2, 0.25) is 0 Å². The largest absolute Gasteiger partial charge is 0.355 e. The number of hydrogen-bond acceptors (Lipinski definition) is 5. The molecule has 1 aliphatic carbocycles. The zero-order valence-corrected chi connectivity index (χ0v) is 20.2. The number of rotatable bonds is 6. The molecule has 8 nitrogen and oxygen atoms in total. The summed E-state index contributed by atoms with van der Waals surface area (Å²) in [5, 5.41) is 6.57. The van der Waals surface area contributed by atoms with Crippen molar-refractivity contribution in [1.82, 2.24) is 19.9 Å². The van der Waals surface area contributed by atoms with Crippen molar-refractivity contribution < 1.29 is 8.42 Å². The number of hydrogen-bond donors (Lipinski definition) is 2. The van der Waals surface area contributed by atoms with Crippen molar-refractivity contribution in [3.8, 4) is 0 Å². The van der Waals surface area contributed by atoms with Crippen molar-refractivity contribution in [1.29, 1.82) is 0 Å². The van der Waals surface area contributed by atoms with Crippen LogP contribution in [0.3, 0.4) is 0 Å². The third-order valence-corrected chi connectivity index (χ3v) is 7.30. The van der Waals surface area contributed by atoms with E-state index >= 15 is 0 Å². The Labute approximate surface area is 191 Å². The minimum absolute atomic E-state index is 0. The van der Waals surface area contributed by atoms with E-state index in [1.807, 2.05) is 18.2 Å². The molecule has 1 saturated heterocycles. The molecule has 29 heavy (non-hydrogen) atoms. The summed E-state index contributed by atoms with van der Waals surface area (Å²) in [6.07, 6.45) is 7.86. The molecule has 1 aliphatic heterocycles. The smallest absolute Gasteiger partial charge is 0.215 e. The molecule has 3 rings (SSSR count). The SMILES string of the molecule is CN=C(NCCS(=O)(=O)N1CCN(c2ccccn2)CC1)NC1CCCCC1.I. The van der Waals surface area contributed by atoms with Gasteiger partial charge in [-0.25, -0.2) is 13.4 Å². The van der Waals surface area contributed by atoms with Crippen molar-refractivity contribution in [2.75, 3.05) is 50.4 Å². The minimum Gasteiger partial charge on any atom is -0.355 e. The third kappa shape index (κ3) is 7.25. The van der Waals surface area contributed by atoms with Gasteiger partial charge in [-0.2, -0.15) is 4.31 Å². The molecule has 1 aromatic rings. The van der Waals surface area contributed by atoms with Crippen molar-refractivity contribution in [3.05, 3.63) is 24.4 Å². The van der Waals surface area contributed by atoms with E-state index < -0.39 is 10.0 Å². The van der Waals surface area contributed by atoms with Crippen LogP contribution in [0.25, 0.3) is 0 Å². The molecule has 1 aromatic heterocycles. The topological polar surface area (TPSA) is 89.9 Å². The highest BCUT2D eigenvalue weighted by molar-refractivity contribution is 14.0. The molecular formula is C19H33IN6O2S. The normalized spacial score (nSPS) is 19.5. The first-order chi connectivity index (χ1) is 13.6. The maximum absolute atomic E-state index is 12.7. The Morgan fingerprint density at radius 2 is 1.90 bits per heavy atom. The van der Waals surface area contributed by atoms with Gasteiger partial charge in [-0.1, -0.05) is 25.3 Å². The standard InChI is InChI=1S/C19H32N6O2S.HI/c1-20-19(23-17-7-3-2-4-8-17)22-11-16-28(26,27)25-14-12-24(13-15-25)18-9-5-6-10-21-18;/h5-6,9-10,17H,2-4,7-8,11-16H2,1H3,(H2,20,22,23);1H. The summed E-state index contributed by atoms with van der Waals surface area (Å²) in [5.74, 6) is 1.67. The lowest BCUT2D eigenvalue weighted by Gasteiger charge is -2.34. The van der Waals surface area contributed by atoms with E-state index in [2.05, 4.69) is 25.5 Å². The summed E-state index contributed by atoms with van der Waals surface area (Å²) in [6.45, 7) is 2.67. The Bertz CT molecular complexity index is 732. The third-order valence-electron chi connectivity index (χ3n) is 5.43. The first-order valence-corrected chi connectivity index (χ1v) is 11.8. The van der Waals surface area contributed by atoms with Gasteiger partial charge in [0, 0.05) is 52.0 Å². The second-order valence-corrected chi connectivity index (χ2v) is 9.46. The zero-order chi connectivity index (χ0) is 19.8. The van der Waals surface area contributed by atoms with Crippen LogP contribution in [0.5, 0.6) is 0 Å². The van der Waals surface area contributed by atoms with Gasteiger partial charge in [0.1, 0.15) is 5.82 Å². The number of guanidine groups is 1. The monoisotopic (exact) mass is 536 g/mol. The van der Waals surface area contributed by atoms with Crippen LogP contribution >= 0.6 is 24.0 Å². The summed E-state index contributed by atoms with van der Waals surface area (Å²) >= 11 is 0. The number of halogens is 1. The molecular weight excluding hydrogens is 503 g/mol. The molecule has 10 heteroatoms. The number of nitrogens with one attached hydrogen (secondary N) is 2. The fourth-order valence-corrected chi connectivity index (χ4v) is 5.14. The Balaban J connectivity index is 0.00000300. The number of aromatic nitrogens is 1. The van der Waals surface area contributed by atoms with E-state index in [-0.39, 0.29) is 29.7 Å². The number of aliphatic imine (C=N–C) groups is 1. The molecule has 2 fully saturated rings. The lowest BCUT2D eigenvalue weighted by molar-refractivity contribution is 0.383. The lowest BCUT2D eigenvalue weighted by Crippen LogP contribution is -2.51. The molecule has 164 valence electrons. The van der Waals surface area contributed by atoms with Gasteiger partial charge in [0.05, 0.1) is 5.75 Å². The molecule has 0 bridgehead atoms. The molecule has 0 unspecified atom stereocenters. The number of anilines is 1. The van der Waals surface area contributed by atoms with E-state index in [1.165, 1.54) is 19.3 Å². The molecule has 1 saturated carbocycles. The summed E-state index contributed by atoms with van der Waals surface area (Å²) in [4.78, 5) is 10.7. The van der Waals surface area contributed by atoms with Crippen molar-refractivity contribution >= 4 is 45.8 Å². The molecule has 2 N–H and O–H groups in total. The Hall–Kier alpha value is -1.14. The fraction of sp³-hybridized carbons (Fsp3) is 0.684. The average molecular weight is 536 g/mol. The molecule has 0 amide bonds. The van der Waals surface area contributed by atoms with Crippen molar-refractivity contribution in [3.63, 3.8) is 0 Å². The van der Waals surface area contributed by atoms with Crippen LogP contribution < -0.4 is 15.5 Å². The van der Waals surface area contributed by atoms with Crippen LogP contribution in [-0.2, 0) is 10.0 Å². The van der Waals surface area contributed by atoms with Gasteiger partial charge in [0.2, 0.25) is 10.0 Å². The van der Waals surface area contributed by atoms with Crippen LogP contribution in [-0.4, -0.2) is 75.2 Å². The quantitative estimate of drug-likeness (QED) is 0.327. The maximum Gasteiger partial charge on any atom is 0.215 e. The van der Waals surface area contributed by atoms with Gasteiger partial charge < -0.3 is 15.5 Å². The van der Waals surface area contributed by atoms with Gasteiger partial charge in [-0.3, -0.25) is 4.99 Å². The lowest BCUT2D eigenvalue weighted by atomic mass is 9.96. The van der Waals surface area contributed by atoms with Crippen molar-refractivity contribution in [2.24, 2.45) is 4.99 Å². The van der Waals surface area contributed by atoms with Gasteiger partial charge >= 0.3 is 0 Å².